The van der Waals surface area contributed by atoms with Crippen LogP contribution in [0.15, 0.2) is 109 Å². The summed E-state index contributed by atoms with van der Waals surface area (Å²) in [6.07, 6.45) is 2.68. The van der Waals surface area contributed by atoms with E-state index in [1.54, 1.807) is 14.2 Å². The molecule has 0 unspecified atom stereocenters. The average Bonchev–Trinajstić information content (AvgIpc) is 3.78. The summed E-state index contributed by atoms with van der Waals surface area (Å²) in [7, 11) is 3.32. The van der Waals surface area contributed by atoms with Gasteiger partial charge in [-0.25, -0.2) is 0 Å². The van der Waals surface area contributed by atoms with Crippen LogP contribution in [0.2, 0.25) is 0 Å². The quantitative estimate of drug-likeness (QED) is 0.111. The van der Waals surface area contributed by atoms with Gasteiger partial charge >= 0.3 is 5.97 Å². The maximum absolute atomic E-state index is 15.4. The van der Waals surface area contributed by atoms with Crippen LogP contribution < -0.4 is 14.2 Å². The zero-order chi connectivity index (χ0) is 38.7. The van der Waals surface area contributed by atoms with Crippen LogP contribution in [-0.4, -0.2) is 48.3 Å². The van der Waals surface area contributed by atoms with Gasteiger partial charge in [-0.2, -0.15) is 0 Å². The number of nitrogens with zero attached hydrogens (tertiary/aromatic N) is 2. The molecule has 0 fully saturated rings. The highest BCUT2D eigenvalue weighted by atomic mass is 16.6. The number of pyridine rings is 1. The standard InChI is InChI=1S/C47H52N2O6/c1-31(2)49(28-32-12-9-8-10-13-32)47(36-18-17-34-23-25-54-41(34)27-36)40-14-11-24-48-44(40)42(43(47)45(50)55-46(3,4)5)39-22-21-38(52-7)26-35(39)30-53-29-33-15-19-37(51-6)20-16-33/h8-22,24,26-27,31,42-43H,23,25,28-30H2,1-7H3/t42-,43+,47-/m0/s1. The number of methoxy groups -OCH3 is 2. The van der Waals surface area contributed by atoms with Crippen LogP contribution in [0.5, 0.6) is 17.2 Å². The van der Waals surface area contributed by atoms with Gasteiger partial charge in [-0.05, 0) is 110 Å². The summed E-state index contributed by atoms with van der Waals surface area (Å²) in [5, 5.41) is 0. The van der Waals surface area contributed by atoms with Gasteiger partial charge in [-0.15, -0.1) is 0 Å². The van der Waals surface area contributed by atoms with E-state index in [9.17, 15) is 0 Å². The molecule has 0 N–H and O–H groups in total. The van der Waals surface area contributed by atoms with Crippen molar-refractivity contribution in [2.45, 2.75) is 83.9 Å². The van der Waals surface area contributed by atoms with Crippen LogP contribution in [0.4, 0.5) is 0 Å². The number of rotatable bonds is 13. The first-order valence-corrected chi connectivity index (χ1v) is 19.2. The van der Waals surface area contributed by atoms with Crippen molar-refractivity contribution in [2.24, 2.45) is 5.92 Å². The number of aromatic nitrogens is 1. The Labute approximate surface area is 325 Å². The lowest BCUT2D eigenvalue weighted by Gasteiger charge is -2.49. The maximum Gasteiger partial charge on any atom is 0.313 e. The number of hydrogen-bond donors (Lipinski definition) is 0. The van der Waals surface area contributed by atoms with Gasteiger partial charge in [0, 0.05) is 31.1 Å². The highest BCUT2D eigenvalue weighted by Gasteiger charge is 2.62. The van der Waals surface area contributed by atoms with Crippen LogP contribution in [0.3, 0.4) is 0 Å². The van der Waals surface area contributed by atoms with Gasteiger partial charge in [-0.3, -0.25) is 14.7 Å². The average molecular weight is 741 g/mol. The van der Waals surface area contributed by atoms with Gasteiger partial charge in [0.05, 0.1) is 51.2 Å². The molecule has 286 valence electrons. The van der Waals surface area contributed by atoms with Crippen molar-refractivity contribution < 1.29 is 28.5 Å². The van der Waals surface area contributed by atoms with Crippen molar-refractivity contribution in [2.75, 3.05) is 20.8 Å². The Balaban J connectivity index is 1.45. The minimum Gasteiger partial charge on any atom is -0.497 e. The van der Waals surface area contributed by atoms with E-state index in [-0.39, 0.29) is 18.6 Å². The summed E-state index contributed by atoms with van der Waals surface area (Å²) in [4.78, 5) is 23.1. The third kappa shape index (κ3) is 7.58. The van der Waals surface area contributed by atoms with Crippen LogP contribution in [0, 0.1) is 5.92 Å². The maximum atomic E-state index is 15.4. The highest BCUT2D eigenvalue weighted by molar-refractivity contribution is 5.81. The topological polar surface area (TPSA) is 79.4 Å². The first kappa shape index (κ1) is 38.1. The Hall–Kier alpha value is -5.18. The van der Waals surface area contributed by atoms with E-state index < -0.39 is 23.0 Å². The number of fused-ring (bicyclic) bond motifs is 2. The van der Waals surface area contributed by atoms with Gasteiger partial charge < -0.3 is 23.7 Å². The van der Waals surface area contributed by atoms with Crippen molar-refractivity contribution in [3.05, 3.63) is 154 Å². The first-order valence-electron chi connectivity index (χ1n) is 19.2. The third-order valence-corrected chi connectivity index (χ3v) is 10.8. The van der Waals surface area contributed by atoms with Crippen molar-refractivity contribution >= 4 is 5.97 Å². The Morgan fingerprint density at radius 3 is 2.33 bits per heavy atom. The van der Waals surface area contributed by atoms with Crippen molar-refractivity contribution in [3.63, 3.8) is 0 Å². The molecule has 7 rings (SSSR count). The normalized spacial score (nSPS) is 18.9. The van der Waals surface area contributed by atoms with E-state index >= 15 is 4.79 Å². The molecule has 8 heteroatoms. The minimum absolute atomic E-state index is 0.00529. The molecule has 1 aliphatic heterocycles. The molecule has 1 aromatic heterocycles. The van der Waals surface area contributed by atoms with Crippen LogP contribution >= 0.6 is 0 Å². The summed E-state index contributed by atoms with van der Waals surface area (Å²) in [6, 6.07) is 35.0. The van der Waals surface area contributed by atoms with E-state index in [1.807, 2.05) is 75.5 Å². The fourth-order valence-electron chi connectivity index (χ4n) is 8.42. The van der Waals surface area contributed by atoms with E-state index in [4.69, 9.17) is 28.7 Å². The third-order valence-electron chi connectivity index (χ3n) is 10.8. The Bertz CT molecular complexity index is 2110. The molecule has 8 nitrogen and oxygen atoms in total. The molecule has 1 aliphatic carbocycles. The largest absolute Gasteiger partial charge is 0.497 e. The van der Waals surface area contributed by atoms with Gasteiger partial charge in [0.15, 0.2) is 0 Å². The number of esters is 1. The predicted octanol–water partition coefficient (Wildman–Crippen LogP) is 9.01. The Morgan fingerprint density at radius 2 is 1.62 bits per heavy atom. The minimum atomic E-state index is -1.01. The summed E-state index contributed by atoms with van der Waals surface area (Å²) in [6.45, 7) is 12.1. The summed E-state index contributed by atoms with van der Waals surface area (Å²) >= 11 is 0. The second kappa shape index (κ2) is 15.9. The summed E-state index contributed by atoms with van der Waals surface area (Å²) < 4.78 is 30.3. The second-order valence-corrected chi connectivity index (χ2v) is 15.7. The molecule has 0 saturated carbocycles. The monoisotopic (exact) mass is 740 g/mol. The van der Waals surface area contributed by atoms with E-state index in [2.05, 4.69) is 73.3 Å². The van der Waals surface area contributed by atoms with Crippen LogP contribution in [0.25, 0.3) is 0 Å². The first-order chi connectivity index (χ1) is 26.5. The Kier molecular flexibility index (Phi) is 11.0. The molecule has 4 aromatic carbocycles. The van der Waals surface area contributed by atoms with Crippen LogP contribution in [0.1, 0.15) is 85.2 Å². The SMILES string of the molecule is COc1ccc(COCc2cc(OC)ccc2[C@@H]2c3ncccc3[C@](c3ccc4c(c3)OCC4)(N(Cc3ccccc3)C(C)C)[C@H]2C(=O)OC(C)(C)C)cc1. The van der Waals surface area contributed by atoms with E-state index in [0.717, 1.165) is 57.0 Å². The molecular weight excluding hydrogens is 689 g/mol. The second-order valence-electron chi connectivity index (χ2n) is 15.7. The highest BCUT2D eigenvalue weighted by Crippen LogP contribution is 2.60. The molecular formula is C47H52N2O6. The number of carbonyl (C=O) groups excluding carboxylic acids is 1. The lowest BCUT2D eigenvalue weighted by atomic mass is 9.71. The zero-order valence-corrected chi connectivity index (χ0v) is 33.0. The molecule has 0 radical (unpaired) electrons. The molecule has 0 bridgehead atoms. The zero-order valence-electron chi connectivity index (χ0n) is 33.0. The molecule has 2 aliphatic rings. The van der Waals surface area contributed by atoms with E-state index in [1.165, 1.54) is 5.56 Å². The number of hydrogen-bond acceptors (Lipinski definition) is 8. The number of benzene rings is 4. The van der Waals surface area contributed by atoms with Crippen molar-refractivity contribution in [1.82, 2.24) is 9.88 Å². The molecule has 0 amide bonds. The van der Waals surface area contributed by atoms with Gasteiger partial charge in [0.25, 0.3) is 0 Å². The molecule has 55 heavy (non-hydrogen) atoms. The fourth-order valence-corrected chi connectivity index (χ4v) is 8.42. The molecule has 3 atom stereocenters. The van der Waals surface area contributed by atoms with Crippen molar-refractivity contribution in [1.29, 1.82) is 0 Å². The van der Waals surface area contributed by atoms with Gasteiger partial charge in [0.2, 0.25) is 0 Å². The molecule has 0 saturated heterocycles. The summed E-state index contributed by atoms with van der Waals surface area (Å²) in [5.74, 6) is 0.805. The number of ether oxygens (including phenoxy) is 5. The summed E-state index contributed by atoms with van der Waals surface area (Å²) in [5.41, 5.74) is 6.20. The van der Waals surface area contributed by atoms with Crippen LogP contribution in [-0.2, 0) is 46.0 Å². The Morgan fingerprint density at radius 1 is 0.873 bits per heavy atom. The predicted molar refractivity (Wildman–Crippen MR) is 213 cm³/mol. The fraction of sp³-hybridized carbons (Fsp3) is 0.362. The molecule has 2 heterocycles. The smallest absolute Gasteiger partial charge is 0.313 e. The molecule has 5 aromatic rings. The van der Waals surface area contributed by atoms with Gasteiger partial charge in [-0.1, -0.05) is 66.7 Å². The van der Waals surface area contributed by atoms with Crippen molar-refractivity contribution in [3.8, 4) is 17.2 Å². The van der Waals surface area contributed by atoms with E-state index in [0.29, 0.717) is 25.5 Å². The lowest BCUT2D eigenvalue weighted by molar-refractivity contribution is -0.166. The molecule has 0 spiro atoms. The number of carbonyl (C=O) groups is 1. The van der Waals surface area contributed by atoms with Gasteiger partial charge in [0.1, 0.15) is 22.8 Å². The lowest BCUT2D eigenvalue weighted by Crippen LogP contribution is -2.56.